The molecule has 0 bridgehead atoms. The maximum absolute atomic E-state index is 11.6. The Balaban J connectivity index is 2.01. The lowest BCUT2D eigenvalue weighted by Crippen LogP contribution is -2.50. The van der Waals surface area contributed by atoms with Gasteiger partial charge in [-0.05, 0) is 24.8 Å². The molecule has 2 atom stereocenters. The van der Waals surface area contributed by atoms with E-state index in [0.29, 0.717) is 25.6 Å². The second kappa shape index (κ2) is 7.27. The van der Waals surface area contributed by atoms with Crippen LogP contribution in [0.2, 0.25) is 0 Å². The molecule has 20 heavy (non-hydrogen) atoms. The van der Waals surface area contributed by atoms with E-state index in [1.54, 1.807) is 18.3 Å². The lowest BCUT2D eigenvalue weighted by molar-refractivity contribution is 0.133. The third-order valence-corrected chi connectivity index (χ3v) is 4.40. The van der Waals surface area contributed by atoms with Gasteiger partial charge in [-0.2, -0.15) is 5.26 Å². The molecule has 2 heterocycles. The van der Waals surface area contributed by atoms with Gasteiger partial charge >= 0.3 is 6.09 Å². The van der Waals surface area contributed by atoms with E-state index in [1.165, 1.54) is 4.88 Å². The van der Waals surface area contributed by atoms with Crippen molar-refractivity contribution in [3.05, 3.63) is 22.4 Å². The fourth-order valence-electron chi connectivity index (χ4n) is 2.59. The van der Waals surface area contributed by atoms with Crippen LogP contribution >= 0.6 is 11.3 Å². The molecule has 1 aromatic heterocycles. The van der Waals surface area contributed by atoms with E-state index in [1.807, 2.05) is 6.07 Å². The third kappa shape index (κ3) is 3.95. The van der Waals surface area contributed by atoms with Gasteiger partial charge in [0.1, 0.15) is 0 Å². The normalized spacial score (nSPS) is 23.0. The number of rotatable bonds is 4. The second-order valence-electron chi connectivity index (χ2n) is 4.86. The van der Waals surface area contributed by atoms with Crippen LogP contribution in [0.1, 0.15) is 24.1 Å². The predicted molar refractivity (Wildman–Crippen MR) is 77.7 cm³/mol. The van der Waals surface area contributed by atoms with Gasteiger partial charge in [0, 0.05) is 29.9 Å². The van der Waals surface area contributed by atoms with Crippen molar-refractivity contribution in [1.29, 1.82) is 5.26 Å². The average molecular weight is 293 g/mol. The number of nitrogens with zero attached hydrogens (tertiary/aromatic N) is 2. The van der Waals surface area contributed by atoms with Crippen molar-refractivity contribution in [2.75, 3.05) is 26.2 Å². The van der Waals surface area contributed by atoms with Crippen LogP contribution in [0.4, 0.5) is 4.79 Å². The lowest BCUT2D eigenvalue weighted by atomic mass is 9.93. The van der Waals surface area contributed by atoms with Gasteiger partial charge in [0.15, 0.2) is 0 Å². The highest BCUT2D eigenvalue weighted by molar-refractivity contribution is 7.10. The minimum Gasteiger partial charge on any atom is -0.450 e. The van der Waals surface area contributed by atoms with E-state index in [4.69, 9.17) is 10.00 Å². The van der Waals surface area contributed by atoms with Crippen LogP contribution in [0.3, 0.4) is 0 Å². The first kappa shape index (κ1) is 14.8. The van der Waals surface area contributed by atoms with Gasteiger partial charge in [0.25, 0.3) is 0 Å². The Labute approximate surface area is 123 Å². The Hall–Kier alpha value is -1.58. The quantitative estimate of drug-likeness (QED) is 0.864. The minimum absolute atomic E-state index is 0.0308. The minimum atomic E-state index is -0.374. The number of nitrogens with one attached hydrogen (secondary N) is 1. The number of piperidine rings is 1. The molecule has 0 spiro atoms. The van der Waals surface area contributed by atoms with Gasteiger partial charge in [-0.3, -0.25) is 4.90 Å². The van der Waals surface area contributed by atoms with Crippen LogP contribution in [-0.2, 0) is 4.74 Å². The van der Waals surface area contributed by atoms with Gasteiger partial charge < -0.3 is 10.1 Å². The number of carbonyl (C=O) groups excluding carboxylic acids is 1. The van der Waals surface area contributed by atoms with Crippen molar-refractivity contribution in [3.63, 3.8) is 0 Å². The van der Waals surface area contributed by atoms with Crippen molar-refractivity contribution >= 4 is 17.4 Å². The van der Waals surface area contributed by atoms with Crippen LogP contribution in [0.25, 0.3) is 0 Å². The van der Waals surface area contributed by atoms with Crippen LogP contribution in [-0.4, -0.2) is 43.3 Å². The number of ether oxygens (including phenoxy) is 1. The summed E-state index contributed by atoms with van der Waals surface area (Å²) in [6, 6.07) is 6.37. The highest BCUT2D eigenvalue weighted by Gasteiger charge is 2.29. The van der Waals surface area contributed by atoms with Crippen LogP contribution in [0, 0.1) is 11.3 Å². The highest BCUT2D eigenvalue weighted by Crippen LogP contribution is 2.30. The molecule has 0 radical (unpaired) electrons. The number of likely N-dealkylation sites (tertiary alicyclic amines) is 1. The zero-order valence-corrected chi connectivity index (χ0v) is 12.4. The number of thiophene rings is 1. The SMILES string of the molecule is CCOC(=O)NC1CC(c2cccs2)CN(CC#N)C1. The van der Waals surface area contributed by atoms with Gasteiger partial charge in [-0.15, -0.1) is 11.3 Å². The molecule has 2 rings (SSSR count). The molecule has 0 saturated carbocycles. The Morgan fingerprint density at radius 1 is 1.65 bits per heavy atom. The summed E-state index contributed by atoms with van der Waals surface area (Å²) in [6.07, 6.45) is 0.516. The van der Waals surface area contributed by atoms with Crippen molar-refractivity contribution in [2.24, 2.45) is 0 Å². The molecule has 1 fully saturated rings. The van der Waals surface area contributed by atoms with Crippen molar-refractivity contribution < 1.29 is 9.53 Å². The van der Waals surface area contributed by atoms with E-state index in [2.05, 4.69) is 27.7 Å². The summed E-state index contributed by atoms with van der Waals surface area (Å²) in [5, 5.41) is 13.8. The monoisotopic (exact) mass is 293 g/mol. The van der Waals surface area contributed by atoms with Crippen LogP contribution in [0.15, 0.2) is 17.5 Å². The van der Waals surface area contributed by atoms with Gasteiger partial charge in [0.2, 0.25) is 0 Å². The molecular formula is C14H19N3O2S. The first-order chi connectivity index (χ1) is 9.72. The molecule has 1 amide bonds. The summed E-state index contributed by atoms with van der Waals surface area (Å²) in [6.45, 7) is 4.12. The first-order valence-corrected chi connectivity index (χ1v) is 7.67. The van der Waals surface area contributed by atoms with Gasteiger partial charge in [-0.1, -0.05) is 6.07 Å². The standard InChI is InChI=1S/C14H19N3O2S/c1-2-19-14(18)16-12-8-11(13-4-3-7-20-13)9-17(10-12)6-5-15/h3-4,7,11-12H,2,6,8-10H2,1H3,(H,16,18). The molecule has 6 heteroatoms. The molecular weight excluding hydrogens is 274 g/mol. The summed E-state index contributed by atoms with van der Waals surface area (Å²) in [5.41, 5.74) is 0. The summed E-state index contributed by atoms with van der Waals surface area (Å²) in [4.78, 5) is 15.0. The molecule has 1 aromatic rings. The van der Waals surface area contributed by atoms with Crippen molar-refractivity contribution in [2.45, 2.75) is 25.3 Å². The summed E-state index contributed by atoms with van der Waals surface area (Å²) in [5.74, 6) is 0.365. The molecule has 0 aromatic carbocycles. The number of amides is 1. The average Bonchev–Trinajstić information content (AvgIpc) is 2.93. The number of hydrogen-bond donors (Lipinski definition) is 1. The lowest BCUT2D eigenvalue weighted by Gasteiger charge is -2.36. The van der Waals surface area contributed by atoms with E-state index < -0.39 is 0 Å². The molecule has 1 aliphatic rings. The first-order valence-electron chi connectivity index (χ1n) is 6.79. The second-order valence-corrected chi connectivity index (χ2v) is 5.84. The van der Waals surface area contributed by atoms with Gasteiger partial charge in [0.05, 0.1) is 19.2 Å². The molecule has 5 nitrogen and oxygen atoms in total. The zero-order valence-electron chi connectivity index (χ0n) is 11.5. The zero-order chi connectivity index (χ0) is 14.4. The van der Waals surface area contributed by atoms with E-state index >= 15 is 0 Å². The Kier molecular flexibility index (Phi) is 5.39. The fourth-order valence-corrected chi connectivity index (χ4v) is 3.43. The van der Waals surface area contributed by atoms with Crippen molar-refractivity contribution in [1.82, 2.24) is 10.2 Å². The largest absolute Gasteiger partial charge is 0.450 e. The summed E-state index contributed by atoms with van der Waals surface area (Å²) >= 11 is 1.73. The summed E-state index contributed by atoms with van der Waals surface area (Å²) < 4.78 is 4.93. The maximum Gasteiger partial charge on any atom is 0.407 e. The fraction of sp³-hybridized carbons (Fsp3) is 0.571. The number of hydrogen-bond acceptors (Lipinski definition) is 5. The Bertz CT molecular complexity index is 469. The van der Waals surface area contributed by atoms with E-state index in [9.17, 15) is 4.79 Å². The number of nitriles is 1. The molecule has 1 saturated heterocycles. The summed E-state index contributed by atoms with van der Waals surface area (Å²) in [7, 11) is 0. The molecule has 0 aliphatic carbocycles. The van der Waals surface area contributed by atoms with E-state index in [-0.39, 0.29) is 12.1 Å². The molecule has 108 valence electrons. The van der Waals surface area contributed by atoms with Crippen molar-refractivity contribution in [3.8, 4) is 6.07 Å². The van der Waals surface area contributed by atoms with E-state index in [0.717, 1.165) is 13.0 Å². The topological polar surface area (TPSA) is 65.4 Å². The number of carbonyl (C=O) groups is 1. The Morgan fingerprint density at radius 3 is 3.15 bits per heavy atom. The predicted octanol–water partition coefficient (Wildman–Crippen LogP) is 2.18. The van der Waals surface area contributed by atoms with Gasteiger partial charge in [-0.25, -0.2) is 4.79 Å². The molecule has 2 unspecified atom stereocenters. The number of alkyl carbamates (subject to hydrolysis) is 1. The van der Waals surface area contributed by atoms with Crippen LogP contribution < -0.4 is 5.32 Å². The smallest absolute Gasteiger partial charge is 0.407 e. The highest BCUT2D eigenvalue weighted by atomic mass is 32.1. The molecule has 1 N–H and O–H groups in total. The van der Waals surface area contributed by atoms with Crippen LogP contribution in [0.5, 0.6) is 0 Å². The molecule has 1 aliphatic heterocycles. The third-order valence-electron chi connectivity index (χ3n) is 3.36. The maximum atomic E-state index is 11.6. The Morgan fingerprint density at radius 2 is 2.50 bits per heavy atom.